The van der Waals surface area contributed by atoms with Crippen molar-refractivity contribution in [2.45, 2.75) is 6.92 Å². The summed E-state index contributed by atoms with van der Waals surface area (Å²) in [5.74, 6) is -0.312. The van der Waals surface area contributed by atoms with Crippen LogP contribution in [0.4, 0.5) is 0 Å². The van der Waals surface area contributed by atoms with Gasteiger partial charge in [0.05, 0.1) is 5.91 Å². The van der Waals surface area contributed by atoms with Crippen molar-refractivity contribution in [2.24, 2.45) is 0 Å². The fourth-order valence-corrected chi connectivity index (χ4v) is 0.566. The Morgan fingerprint density at radius 3 is 2.33 bits per heavy atom. The molecule has 0 rings (SSSR count). The van der Waals surface area contributed by atoms with E-state index in [-0.39, 0.29) is 38.5 Å². The number of amides is 1. The van der Waals surface area contributed by atoms with Crippen LogP contribution in [-0.4, -0.2) is 11.7 Å². The minimum absolute atomic E-state index is 0. The molecule has 0 saturated heterocycles. The number of thioether (sulfide) groups is 1. The molecule has 1 radical (unpaired) electrons. The van der Waals surface area contributed by atoms with Gasteiger partial charge in [0, 0.05) is 38.5 Å². The number of hydrogen-bond acceptors (Lipinski definition) is 2. The van der Waals surface area contributed by atoms with E-state index in [2.05, 4.69) is 6.58 Å². The maximum Gasteiger partial charge on any atom is 0.0592 e. The van der Waals surface area contributed by atoms with Gasteiger partial charge < -0.3 is 10.5 Å². The van der Waals surface area contributed by atoms with Crippen LogP contribution >= 0.6 is 11.8 Å². The molecule has 2 nitrogen and oxygen atoms in total. The zero-order valence-electron chi connectivity index (χ0n) is 5.31. The van der Waals surface area contributed by atoms with Crippen LogP contribution < -0.4 is 0 Å². The van der Waals surface area contributed by atoms with Crippen LogP contribution in [0.1, 0.15) is 6.92 Å². The molecule has 0 aromatic heterocycles. The van der Waals surface area contributed by atoms with Crippen molar-refractivity contribution in [3.63, 3.8) is 0 Å². The van der Waals surface area contributed by atoms with Crippen molar-refractivity contribution in [3.8, 4) is 0 Å². The molecule has 0 aliphatic rings. The molecule has 0 atom stereocenters. The minimum atomic E-state index is -0.544. The van der Waals surface area contributed by atoms with Crippen LogP contribution in [0.3, 0.4) is 0 Å². The molecular weight excluding hydrogens is 211 g/mol. The molecule has 0 bridgehead atoms. The van der Waals surface area contributed by atoms with Gasteiger partial charge in [-0.05, 0) is 11.8 Å². The van der Waals surface area contributed by atoms with E-state index in [0.29, 0.717) is 0 Å². The molecule has 0 saturated carbocycles. The van der Waals surface area contributed by atoms with E-state index in [1.165, 1.54) is 11.8 Å². The molecule has 1 amide bonds. The summed E-state index contributed by atoms with van der Waals surface area (Å²) in [6, 6.07) is 0. The average molecular weight is 219 g/mol. The Kier molecular flexibility index (Phi) is 9.30. The van der Waals surface area contributed by atoms with Crippen LogP contribution in [0, 0.1) is 0 Å². The first kappa shape index (κ1) is 12.4. The predicted molar refractivity (Wildman–Crippen MR) is 36.6 cm³/mol. The Morgan fingerprint density at radius 2 is 2.22 bits per heavy atom. The number of carbonyl (C=O) groups excluding carboxylic acids is 1. The van der Waals surface area contributed by atoms with Crippen molar-refractivity contribution >= 4 is 17.7 Å². The molecule has 0 aromatic carbocycles. The zero-order valence-corrected chi connectivity index (χ0v) is 8.96. The van der Waals surface area contributed by atoms with E-state index in [1.54, 1.807) is 0 Å². The number of rotatable bonds is 3. The van der Waals surface area contributed by atoms with E-state index in [0.717, 1.165) is 4.91 Å². The van der Waals surface area contributed by atoms with Gasteiger partial charge in [-0.2, -0.15) is 0 Å². The average Bonchev–Trinajstić information content (AvgIpc) is 1.61. The Balaban J connectivity index is 0. The smallest absolute Gasteiger partial charge is 0.0592 e. The van der Waals surface area contributed by atoms with Gasteiger partial charge in [0.15, 0.2) is 0 Å². The summed E-state index contributed by atoms with van der Waals surface area (Å²) < 4.78 is 0. The van der Waals surface area contributed by atoms with Gasteiger partial charge in [-0.3, -0.25) is 0 Å². The summed E-state index contributed by atoms with van der Waals surface area (Å²) >= 11 is 1.31. The number of hydrogen-bond donors (Lipinski definition) is 0. The van der Waals surface area contributed by atoms with E-state index in [1.807, 2.05) is 6.92 Å². The Hall–Kier alpha value is 0.664. The molecule has 1 N–H and O–H groups in total. The summed E-state index contributed by atoms with van der Waals surface area (Å²) in [4.78, 5) is 10.8. The molecule has 49 valence electrons. The zero-order chi connectivity index (χ0) is 6.57. The van der Waals surface area contributed by atoms with Crippen molar-refractivity contribution in [1.29, 1.82) is 0 Å². The molecular formula is C5H8NOSY-. The van der Waals surface area contributed by atoms with E-state index in [4.69, 9.17) is 5.73 Å². The Bertz CT molecular complexity index is 102. The van der Waals surface area contributed by atoms with Crippen LogP contribution in [0.2, 0.25) is 0 Å². The fraction of sp³-hybridized carbons (Fsp3) is 0.400. The van der Waals surface area contributed by atoms with Gasteiger partial charge in [-0.15, -0.1) is 11.8 Å². The largest absolute Gasteiger partial charge is 0.667 e. The van der Waals surface area contributed by atoms with Gasteiger partial charge in [0.2, 0.25) is 0 Å². The topological polar surface area (TPSA) is 40.9 Å². The van der Waals surface area contributed by atoms with E-state index < -0.39 is 5.91 Å². The van der Waals surface area contributed by atoms with E-state index in [9.17, 15) is 4.79 Å². The number of nitrogens with one attached hydrogen (secondary N) is 1. The van der Waals surface area contributed by atoms with Crippen molar-refractivity contribution in [2.75, 3.05) is 5.75 Å². The Morgan fingerprint density at radius 1 is 1.78 bits per heavy atom. The SMILES string of the molecule is C=C(C)SCC([NH-])=O.[Y]. The van der Waals surface area contributed by atoms with Gasteiger partial charge in [0.25, 0.3) is 0 Å². The summed E-state index contributed by atoms with van der Waals surface area (Å²) in [5.41, 5.74) is 6.47. The van der Waals surface area contributed by atoms with Gasteiger partial charge in [-0.25, -0.2) is 0 Å². The summed E-state index contributed by atoms with van der Waals surface area (Å²) in [6.07, 6.45) is 0. The third-order valence-corrected chi connectivity index (χ3v) is 1.35. The van der Waals surface area contributed by atoms with Crippen LogP contribution in [0.5, 0.6) is 0 Å². The molecule has 0 fully saturated rings. The first-order valence-corrected chi connectivity index (χ1v) is 3.14. The minimum Gasteiger partial charge on any atom is -0.667 e. The fourth-order valence-electron chi connectivity index (χ4n) is 0.189. The van der Waals surface area contributed by atoms with Gasteiger partial charge in [0.1, 0.15) is 0 Å². The molecule has 0 spiro atoms. The second kappa shape index (κ2) is 6.78. The Labute approximate surface area is 84.5 Å². The molecule has 0 aliphatic heterocycles. The standard InChI is InChI=1S/C5H9NOS.Y/c1-4(2)8-3-5(6)7;/h1,3H2,2H3,(H2,6,7);/p-1. The quantitative estimate of drug-likeness (QED) is 0.726. The predicted octanol–water partition coefficient (Wildman–Crippen LogP) is 1.83. The maximum atomic E-state index is 9.95. The van der Waals surface area contributed by atoms with Gasteiger partial charge >= 0.3 is 0 Å². The van der Waals surface area contributed by atoms with Crippen molar-refractivity contribution < 1.29 is 37.5 Å². The molecule has 0 unspecified atom stereocenters. The third-order valence-electron chi connectivity index (χ3n) is 0.450. The van der Waals surface area contributed by atoms with Crippen LogP contribution in [0.25, 0.3) is 5.73 Å². The second-order valence-electron chi connectivity index (χ2n) is 1.41. The van der Waals surface area contributed by atoms with Crippen LogP contribution in [-0.2, 0) is 37.5 Å². The molecule has 4 heteroatoms. The second-order valence-corrected chi connectivity index (χ2v) is 2.69. The van der Waals surface area contributed by atoms with Crippen LogP contribution in [0.15, 0.2) is 11.5 Å². The monoisotopic (exact) mass is 219 g/mol. The summed E-state index contributed by atoms with van der Waals surface area (Å²) in [6.45, 7) is 5.37. The third kappa shape index (κ3) is 12.0. The van der Waals surface area contributed by atoms with Crippen molar-refractivity contribution in [3.05, 3.63) is 17.2 Å². The first-order chi connectivity index (χ1) is 3.63. The first-order valence-electron chi connectivity index (χ1n) is 2.15. The molecule has 9 heavy (non-hydrogen) atoms. The number of carbonyl (C=O) groups is 1. The molecule has 0 aromatic rings. The molecule has 0 aliphatic carbocycles. The summed E-state index contributed by atoms with van der Waals surface area (Å²) in [5, 5.41) is 0. The maximum absolute atomic E-state index is 9.95. The normalized spacial score (nSPS) is 7.67. The number of allylic oxidation sites excluding steroid dienone is 1. The van der Waals surface area contributed by atoms with Gasteiger partial charge in [-0.1, -0.05) is 6.58 Å². The molecule has 0 heterocycles. The summed E-state index contributed by atoms with van der Waals surface area (Å²) in [7, 11) is 0. The van der Waals surface area contributed by atoms with Crippen molar-refractivity contribution in [1.82, 2.24) is 0 Å². The van der Waals surface area contributed by atoms with E-state index >= 15 is 0 Å².